The third-order valence-corrected chi connectivity index (χ3v) is 6.48. The van der Waals surface area contributed by atoms with Gasteiger partial charge in [0.05, 0.1) is 26.8 Å². The van der Waals surface area contributed by atoms with Gasteiger partial charge in [-0.3, -0.25) is 4.79 Å². The molecule has 34 heavy (non-hydrogen) atoms. The molecule has 0 bridgehead atoms. The molecule has 1 atom stereocenters. The summed E-state index contributed by atoms with van der Waals surface area (Å²) in [6, 6.07) is 20.1. The number of amides is 1. The zero-order chi connectivity index (χ0) is 24.7. The van der Waals surface area contributed by atoms with E-state index >= 15 is 0 Å². The fraction of sp³-hybridized carbons (Fsp3) is 0.154. The maximum atomic E-state index is 12.7. The molecular weight excluding hydrogens is 586 g/mol. The van der Waals surface area contributed by atoms with Crippen molar-refractivity contribution < 1.29 is 14.3 Å². The average Bonchev–Trinajstić information content (AvgIpc) is 2.84. The Morgan fingerprint density at radius 3 is 2.53 bits per heavy atom. The predicted molar refractivity (Wildman–Crippen MR) is 143 cm³/mol. The van der Waals surface area contributed by atoms with E-state index in [1.165, 1.54) is 13.2 Å². The lowest BCUT2D eigenvalue weighted by Gasteiger charge is -2.15. The van der Waals surface area contributed by atoms with Gasteiger partial charge in [0.25, 0.3) is 5.91 Å². The summed E-state index contributed by atoms with van der Waals surface area (Å²) in [6.07, 6.45) is 1.53. The van der Waals surface area contributed by atoms with Crippen molar-refractivity contribution in [3.63, 3.8) is 0 Å². The molecule has 0 heterocycles. The van der Waals surface area contributed by atoms with Crippen LogP contribution in [0.2, 0.25) is 10.0 Å². The summed E-state index contributed by atoms with van der Waals surface area (Å²) < 4.78 is 12.2. The molecule has 0 aliphatic carbocycles. The molecule has 3 rings (SSSR count). The lowest BCUT2D eigenvalue weighted by atomic mass is 10.1. The van der Waals surface area contributed by atoms with Crippen molar-refractivity contribution in [2.45, 2.75) is 19.6 Å². The zero-order valence-electron chi connectivity index (χ0n) is 18.4. The summed E-state index contributed by atoms with van der Waals surface area (Å²) in [6.45, 7) is 2.13. The van der Waals surface area contributed by atoms with Crippen molar-refractivity contribution in [1.29, 1.82) is 5.26 Å². The number of hydrogen-bond acceptors (Lipinski definition) is 4. The maximum Gasteiger partial charge on any atom is 0.262 e. The highest BCUT2D eigenvalue weighted by Crippen LogP contribution is 2.35. The smallest absolute Gasteiger partial charge is 0.262 e. The number of nitrogens with zero attached hydrogens (tertiary/aromatic N) is 1. The second kappa shape index (κ2) is 12.1. The Hall–Kier alpha value is -2.73. The van der Waals surface area contributed by atoms with Gasteiger partial charge in [-0.2, -0.15) is 5.26 Å². The summed E-state index contributed by atoms with van der Waals surface area (Å²) in [7, 11) is 1.53. The Morgan fingerprint density at radius 1 is 1.15 bits per heavy atom. The van der Waals surface area contributed by atoms with Crippen molar-refractivity contribution in [3.05, 3.63) is 96.5 Å². The summed E-state index contributed by atoms with van der Waals surface area (Å²) in [5.74, 6) is 0.577. The molecule has 0 aliphatic heterocycles. The molecule has 0 radical (unpaired) electrons. The van der Waals surface area contributed by atoms with E-state index in [2.05, 4.69) is 27.9 Å². The van der Waals surface area contributed by atoms with Crippen LogP contribution in [0.4, 0.5) is 0 Å². The van der Waals surface area contributed by atoms with Crippen LogP contribution in [0.15, 0.2) is 66.2 Å². The van der Waals surface area contributed by atoms with Crippen LogP contribution in [0, 0.1) is 14.9 Å². The van der Waals surface area contributed by atoms with Crippen LogP contribution < -0.4 is 14.8 Å². The minimum atomic E-state index is -0.451. The van der Waals surface area contributed by atoms with Gasteiger partial charge in [-0.25, -0.2) is 0 Å². The summed E-state index contributed by atoms with van der Waals surface area (Å²) in [5.41, 5.74) is 2.44. The van der Waals surface area contributed by atoms with Gasteiger partial charge >= 0.3 is 0 Å². The molecule has 0 spiro atoms. The van der Waals surface area contributed by atoms with Crippen molar-refractivity contribution in [1.82, 2.24) is 5.32 Å². The summed E-state index contributed by atoms with van der Waals surface area (Å²) in [5, 5.41) is 13.4. The standard InChI is InChI=1S/C26H21Cl2IN2O3/c1-16(19-6-4-3-5-7-19)31-26(32)20(14-30)10-18-12-23(29)25(24(13-18)33-2)34-15-17-8-9-21(27)22(28)11-17/h3-13,16H,15H2,1-2H3,(H,31,32)/b20-10-/t16-/m1/s1. The van der Waals surface area contributed by atoms with Crippen molar-refractivity contribution in [2.75, 3.05) is 7.11 Å². The molecule has 0 saturated carbocycles. The second-order valence-electron chi connectivity index (χ2n) is 7.35. The average molecular weight is 607 g/mol. The van der Waals surface area contributed by atoms with Crippen molar-refractivity contribution >= 4 is 57.8 Å². The Bertz CT molecular complexity index is 1260. The minimum absolute atomic E-state index is 0.00916. The Morgan fingerprint density at radius 2 is 1.88 bits per heavy atom. The number of nitrogens with one attached hydrogen (secondary N) is 1. The summed E-state index contributed by atoms with van der Waals surface area (Å²) >= 11 is 14.2. The fourth-order valence-electron chi connectivity index (χ4n) is 3.16. The molecule has 0 unspecified atom stereocenters. The van der Waals surface area contributed by atoms with Gasteiger partial charge in [-0.15, -0.1) is 0 Å². The van der Waals surface area contributed by atoms with Crippen LogP contribution >= 0.6 is 45.8 Å². The van der Waals surface area contributed by atoms with Crippen molar-refractivity contribution in [3.8, 4) is 17.6 Å². The molecule has 8 heteroatoms. The zero-order valence-corrected chi connectivity index (χ0v) is 22.1. The molecule has 1 N–H and O–H groups in total. The van der Waals surface area contributed by atoms with E-state index in [1.807, 2.05) is 55.5 Å². The quantitative estimate of drug-likeness (QED) is 0.171. The van der Waals surface area contributed by atoms with E-state index in [-0.39, 0.29) is 18.2 Å². The van der Waals surface area contributed by atoms with Crippen LogP contribution in [-0.4, -0.2) is 13.0 Å². The van der Waals surface area contributed by atoms with Gasteiger partial charge in [0, 0.05) is 0 Å². The molecule has 0 aromatic heterocycles. The van der Waals surface area contributed by atoms with E-state index in [9.17, 15) is 10.1 Å². The molecule has 5 nitrogen and oxygen atoms in total. The number of benzene rings is 3. The Kier molecular flexibility index (Phi) is 9.22. The molecule has 174 valence electrons. The van der Waals surface area contributed by atoms with Crippen LogP contribution in [0.3, 0.4) is 0 Å². The molecule has 3 aromatic carbocycles. The van der Waals surface area contributed by atoms with Crippen LogP contribution in [-0.2, 0) is 11.4 Å². The van der Waals surface area contributed by atoms with Gasteiger partial charge in [-0.05, 0) is 76.5 Å². The van der Waals surface area contributed by atoms with E-state index in [1.54, 1.807) is 18.2 Å². The van der Waals surface area contributed by atoms with Crippen LogP contribution in [0.1, 0.15) is 29.7 Å². The van der Waals surface area contributed by atoms with E-state index in [0.29, 0.717) is 27.1 Å². The Labute approximate surface area is 222 Å². The topological polar surface area (TPSA) is 71.3 Å². The molecule has 0 saturated heterocycles. The van der Waals surface area contributed by atoms with E-state index in [4.69, 9.17) is 32.7 Å². The molecule has 0 fully saturated rings. The molecular formula is C26H21Cl2IN2O3. The highest BCUT2D eigenvalue weighted by Gasteiger charge is 2.16. The van der Waals surface area contributed by atoms with Gasteiger partial charge in [0.15, 0.2) is 11.5 Å². The first kappa shape index (κ1) is 25.9. The van der Waals surface area contributed by atoms with Gasteiger partial charge < -0.3 is 14.8 Å². The number of carbonyl (C=O) groups is 1. The number of nitriles is 1. The number of carbonyl (C=O) groups excluding carboxylic acids is 1. The third kappa shape index (κ3) is 6.66. The molecule has 3 aromatic rings. The highest BCUT2D eigenvalue weighted by atomic mass is 127. The van der Waals surface area contributed by atoms with Gasteiger partial charge in [0.2, 0.25) is 0 Å². The number of rotatable bonds is 8. The molecule has 0 aliphatic rings. The molecule has 1 amide bonds. The third-order valence-electron chi connectivity index (χ3n) is 4.94. The van der Waals surface area contributed by atoms with Gasteiger partial charge in [-0.1, -0.05) is 59.6 Å². The lowest BCUT2D eigenvalue weighted by molar-refractivity contribution is -0.117. The number of ether oxygens (including phenoxy) is 2. The normalized spacial score (nSPS) is 11.9. The lowest BCUT2D eigenvalue weighted by Crippen LogP contribution is -2.27. The second-order valence-corrected chi connectivity index (χ2v) is 9.32. The van der Waals surface area contributed by atoms with Gasteiger partial charge in [0.1, 0.15) is 18.2 Å². The largest absolute Gasteiger partial charge is 0.493 e. The number of methoxy groups -OCH3 is 1. The highest BCUT2D eigenvalue weighted by molar-refractivity contribution is 14.1. The van der Waals surface area contributed by atoms with Crippen LogP contribution in [0.25, 0.3) is 6.08 Å². The first-order chi connectivity index (χ1) is 16.3. The van der Waals surface area contributed by atoms with E-state index < -0.39 is 5.91 Å². The predicted octanol–water partition coefficient (Wildman–Crippen LogP) is 6.97. The first-order valence-corrected chi connectivity index (χ1v) is 12.1. The number of halogens is 3. The fourth-order valence-corrected chi connectivity index (χ4v) is 4.26. The Balaban J connectivity index is 1.79. The first-order valence-electron chi connectivity index (χ1n) is 10.2. The van der Waals surface area contributed by atoms with E-state index in [0.717, 1.165) is 14.7 Å². The minimum Gasteiger partial charge on any atom is -0.493 e. The monoisotopic (exact) mass is 606 g/mol. The SMILES string of the molecule is COc1cc(/C=C(/C#N)C(=O)N[C@H](C)c2ccccc2)cc(I)c1OCc1ccc(Cl)c(Cl)c1. The van der Waals surface area contributed by atoms with Crippen LogP contribution in [0.5, 0.6) is 11.5 Å². The summed E-state index contributed by atoms with van der Waals surface area (Å²) in [4.78, 5) is 12.7. The number of hydrogen-bond donors (Lipinski definition) is 1. The maximum absolute atomic E-state index is 12.7. The van der Waals surface area contributed by atoms with Crippen molar-refractivity contribution in [2.24, 2.45) is 0 Å².